The van der Waals surface area contributed by atoms with Gasteiger partial charge in [-0.25, -0.2) is 0 Å². The summed E-state index contributed by atoms with van der Waals surface area (Å²) >= 11 is 5.83. The Kier molecular flexibility index (Phi) is 6.79. The van der Waals surface area contributed by atoms with E-state index in [2.05, 4.69) is 16.3 Å². The Hall–Kier alpha value is -1.88. The maximum atomic E-state index is 12.1. The van der Waals surface area contributed by atoms with Crippen molar-refractivity contribution >= 4 is 17.5 Å². The average Bonchev–Trinajstić information content (AvgIpc) is 2.54. The van der Waals surface area contributed by atoms with Crippen LogP contribution >= 0.6 is 11.6 Å². The highest BCUT2D eigenvalue weighted by Gasteiger charge is 2.13. The van der Waals surface area contributed by atoms with Crippen LogP contribution in [0.3, 0.4) is 0 Å². The molecule has 1 amide bonds. The maximum absolute atomic E-state index is 12.1. The lowest BCUT2D eigenvalue weighted by Gasteiger charge is -2.15. The van der Waals surface area contributed by atoms with Crippen molar-refractivity contribution < 1.29 is 9.90 Å². The van der Waals surface area contributed by atoms with Crippen LogP contribution in [-0.4, -0.2) is 30.0 Å². The van der Waals surface area contributed by atoms with Crippen molar-refractivity contribution in [2.45, 2.75) is 25.6 Å². The van der Waals surface area contributed by atoms with E-state index in [9.17, 15) is 9.90 Å². The Morgan fingerprint density at radius 1 is 1.12 bits per heavy atom. The summed E-state index contributed by atoms with van der Waals surface area (Å²) < 4.78 is 0. The number of halogens is 1. The van der Waals surface area contributed by atoms with E-state index in [0.717, 1.165) is 12.1 Å². The zero-order chi connectivity index (χ0) is 17.5. The summed E-state index contributed by atoms with van der Waals surface area (Å²) in [6.07, 6.45) is -0.809. The van der Waals surface area contributed by atoms with Gasteiger partial charge in [-0.3, -0.25) is 4.79 Å². The molecule has 24 heavy (non-hydrogen) atoms. The number of nitrogens with zero attached hydrogens (tertiary/aromatic N) is 1. The topological polar surface area (TPSA) is 52.6 Å². The van der Waals surface area contributed by atoms with E-state index in [1.165, 1.54) is 5.56 Å². The number of aliphatic hydroxyl groups is 1. The molecular weight excluding hydrogens is 324 g/mol. The summed E-state index contributed by atoms with van der Waals surface area (Å²) in [5, 5.41) is 13.6. The van der Waals surface area contributed by atoms with Crippen LogP contribution in [0.25, 0.3) is 0 Å². The Balaban J connectivity index is 1.90. The zero-order valence-electron chi connectivity index (χ0n) is 14.0. The van der Waals surface area contributed by atoms with Crippen LogP contribution in [0.4, 0.5) is 0 Å². The molecule has 1 atom stereocenters. The van der Waals surface area contributed by atoms with E-state index in [-0.39, 0.29) is 12.3 Å². The third kappa shape index (κ3) is 5.64. The minimum atomic E-state index is -0.834. The second kappa shape index (κ2) is 8.83. The summed E-state index contributed by atoms with van der Waals surface area (Å²) in [5.74, 6) is -0.183. The highest BCUT2D eigenvalue weighted by Crippen LogP contribution is 2.19. The SMILES string of the molecule is CN(C)Cc1ccccc1CNC(=O)CC(O)c1ccc(Cl)cc1. The molecule has 0 aromatic heterocycles. The van der Waals surface area contributed by atoms with Crippen LogP contribution in [0.2, 0.25) is 5.02 Å². The molecular formula is C19H23ClN2O2. The lowest BCUT2D eigenvalue weighted by Crippen LogP contribution is -2.25. The summed E-state index contributed by atoms with van der Waals surface area (Å²) in [6, 6.07) is 14.9. The van der Waals surface area contributed by atoms with Crippen LogP contribution in [-0.2, 0) is 17.9 Å². The fraction of sp³-hybridized carbons (Fsp3) is 0.316. The summed E-state index contributed by atoms with van der Waals surface area (Å²) in [7, 11) is 4.02. The summed E-state index contributed by atoms with van der Waals surface area (Å²) in [4.78, 5) is 14.2. The second-order valence-corrected chi connectivity index (χ2v) is 6.49. The standard InChI is InChI=1S/C19H23ClN2O2/c1-22(2)13-16-6-4-3-5-15(16)12-21-19(24)11-18(23)14-7-9-17(20)10-8-14/h3-10,18,23H,11-13H2,1-2H3,(H,21,24). The van der Waals surface area contributed by atoms with Crippen molar-refractivity contribution in [2.75, 3.05) is 14.1 Å². The van der Waals surface area contributed by atoms with Crippen LogP contribution in [0, 0.1) is 0 Å². The van der Waals surface area contributed by atoms with E-state index >= 15 is 0 Å². The highest BCUT2D eigenvalue weighted by atomic mass is 35.5. The van der Waals surface area contributed by atoms with E-state index in [1.54, 1.807) is 24.3 Å². The van der Waals surface area contributed by atoms with Crippen LogP contribution in [0.15, 0.2) is 48.5 Å². The molecule has 0 aliphatic heterocycles. The first-order valence-corrected chi connectivity index (χ1v) is 8.25. The van der Waals surface area contributed by atoms with Gasteiger partial charge < -0.3 is 15.3 Å². The summed E-state index contributed by atoms with van der Waals surface area (Å²) in [5.41, 5.74) is 2.95. The van der Waals surface area contributed by atoms with Gasteiger partial charge >= 0.3 is 0 Å². The van der Waals surface area contributed by atoms with Crippen molar-refractivity contribution in [3.63, 3.8) is 0 Å². The molecule has 128 valence electrons. The predicted octanol–water partition coefficient (Wildman–Crippen LogP) is 3.14. The van der Waals surface area contributed by atoms with E-state index < -0.39 is 6.10 Å². The van der Waals surface area contributed by atoms with Gasteiger partial charge in [-0.15, -0.1) is 0 Å². The fourth-order valence-electron chi connectivity index (χ4n) is 2.47. The van der Waals surface area contributed by atoms with Crippen molar-refractivity contribution in [3.05, 3.63) is 70.2 Å². The number of aliphatic hydroxyl groups excluding tert-OH is 1. The minimum Gasteiger partial charge on any atom is -0.388 e. The highest BCUT2D eigenvalue weighted by molar-refractivity contribution is 6.30. The van der Waals surface area contributed by atoms with Crippen molar-refractivity contribution in [1.82, 2.24) is 10.2 Å². The van der Waals surface area contributed by atoms with Gasteiger partial charge in [0.2, 0.25) is 5.91 Å². The number of rotatable bonds is 7. The third-order valence-electron chi connectivity index (χ3n) is 3.71. The Labute approximate surface area is 148 Å². The Morgan fingerprint density at radius 2 is 1.75 bits per heavy atom. The minimum absolute atomic E-state index is 0.0253. The number of benzene rings is 2. The molecule has 0 fully saturated rings. The first-order chi connectivity index (χ1) is 11.5. The summed E-state index contributed by atoms with van der Waals surface area (Å²) in [6.45, 7) is 1.27. The molecule has 2 N–H and O–H groups in total. The number of amides is 1. The van der Waals surface area contributed by atoms with Crippen LogP contribution in [0.1, 0.15) is 29.2 Å². The van der Waals surface area contributed by atoms with Crippen molar-refractivity contribution in [1.29, 1.82) is 0 Å². The molecule has 0 saturated heterocycles. The first-order valence-electron chi connectivity index (χ1n) is 7.87. The fourth-order valence-corrected chi connectivity index (χ4v) is 2.60. The van der Waals surface area contributed by atoms with Crippen LogP contribution < -0.4 is 5.32 Å². The Bertz CT molecular complexity index is 671. The molecule has 0 saturated carbocycles. The molecule has 5 heteroatoms. The first kappa shape index (κ1) is 18.5. The zero-order valence-corrected chi connectivity index (χ0v) is 14.8. The van der Waals surface area contributed by atoms with Gasteiger partial charge in [-0.2, -0.15) is 0 Å². The van der Waals surface area contributed by atoms with Gasteiger partial charge in [-0.1, -0.05) is 48.0 Å². The van der Waals surface area contributed by atoms with Gasteiger partial charge in [0.25, 0.3) is 0 Å². The number of carbonyl (C=O) groups excluding carboxylic acids is 1. The van der Waals surface area contributed by atoms with Gasteiger partial charge in [0, 0.05) is 18.1 Å². The second-order valence-electron chi connectivity index (χ2n) is 6.05. The number of nitrogens with one attached hydrogen (secondary N) is 1. The lowest BCUT2D eigenvalue weighted by molar-refractivity contribution is -0.123. The number of carbonyl (C=O) groups is 1. The predicted molar refractivity (Wildman–Crippen MR) is 96.7 cm³/mol. The van der Waals surface area contributed by atoms with Crippen molar-refractivity contribution in [3.8, 4) is 0 Å². The number of hydrogen-bond donors (Lipinski definition) is 2. The molecule has 2 aromatic rings. The Morgan fingerprint density at radius 3 is 2.38 bits per heavy atom. The van der Waals surface area contributed by atoms with E-state index in [4.69, 9.17) is 11.6 Å². The molecule has 0 heterocycles. The smallest absolute Gasteiger partial charge is 0.223 e. The lowest BCUT2D eigenvalue weighted by atomic mass is 10.1. The molecule has 2 aromatic carbocycles. The van der Waals surface area contributed by atoms with Gasteiger partial charge in [0.05, 0.1) is 12.5 Å². The molecule has 4 nitrogen and oxygen atoms in total. The van der Waals surface area contributed by atoms with Crippen LogP contribution in [0.5, 0.6) is 0 Å². The normalized spacial score (nSPS) is 12.2. The molecule has 0 spiro atoms. The molecule has 0 aliphatic carbocycles. The quantitative estimate of drug-likeness (QED) is 0.809. The van der Waals surface area contributed by atoms with E-state index in [0.29, 0.717) is 17.1 Å². The molecule has 0 aliphatic rings. The van der Waals surface area contributed by atoms with Gasteiger partial charge in [0.15, 0.2) is 0 Å². The molecule has 0 radical (unpaired) electrons. The largest absolute Gasteiger partial charge is 0.388 e. The third-order valence-corrected chi connectivity index (χ3v) is 3.97. The molecule has 0 bridgehead atoms. The molecule has 1 unspecified atom stereocenters. The average molecular weight is 347 g/mol. The van der Waals surface area contributed by atoms with Crippen molar-refractivity contribution in [2.24, 2.45) is 0 Å². The monoisotopic (exact) mass is 346 g/mol. The van der Waals surface area contributed by atoms with Gasteiger partial charge in [0.1, 0.15) is 0 Å². The molecule has 2 rings (SSSR count). The number of hydrogen-bond acceptors (Lipinski definition) is 3. The maximum Gasteiger partial charge on any atom is 0.223 e. The van der Waals surface area contributed by atoms with E-state index in [1.807, 2.05) is 32.3 Å². The van der Waals surface area contributed by atoms with Gasteiger partial charge in [-0.05, 0) is 42.9 Å².